The van der Waals surface area contributed by atoms with Gasteiger partial charge in [0.25, 0.3) is 0 Å². The maximum atomic E-state index is 12.2. The van der Waals surface area contributed by atoms with E-state index < -0.39 is 11.7 Å². The third-order valence-corrected chi connectivity index (χ3v) is 5.77. The summed E-state index contributed by atoms with van der Waals surface area (Å²) in [5.41, 5.74) is 2.95. The molecule has 1 aliphatic carbocycles. The minimum Gasteiger partial charge on any atom is -0.444 e. The number of hydrogen-bond acceptors (Lipinski definition) is 3. The second-order valence-corrected chi connectivity index (χ2v) is 9.33. The van der Waals surface area contributed by atoms with Crippen LogP contribution in [0.15, 0.2) is 35.9 Å². The van der Waals surface area contributed by atoms with Crippen LogP contribution in [0.4, 0.5) is 10.5 Å². The number of amides is 2. The molecule has 0 fully saturated rings. The van der Waals surface area contributed by atoms with Crippen molar-refractivity contribution in [3.8, 4) is 0 Å². The van der Waals surface area contributed by atoms with Crippen molar-refractivity contribution in [3.05, 3.63) is 41.5 Å². The van der Waals surface area contributed by atoms with E-state index in [9.17, 15) is 9.59 Å². The number of alkyl halides is 1. The zero-order valence-electron chi connectivity index (χ0n) is 18.6. The molecule has 0 heterocycles. The zero-order valence-corrected chi connectivity index (χ0v) is 19.4. The molecule has 1 aliphatic rings. The summed E-state index contributed by atoms with van der Waals surface area (Å²) in [4.78, 5) is 23.5. The lowest BCUT2D eigenvalue weighted by molar-refractivity contribution is -0.118. The Morgan fingerprint density at radius 2 is 1.97 bits per heavy atom. The molecule has 1 unspecified atom stereocenters. The van der Waals surface area contributed by atoms with Gasteiger partial charge in [0.1, 0.15) is 11.5 Å². The van der Waals surface area contributed by atoms with Crippen LogP contribution >= 0.6 is 11.6 Å². The number of ether oxygens (including phenoxy) is 1. The van der Waals surface area contributed by atoms with Crippen molar-refractivity contribution in [1.82, 2.24) is 5.32 Å². The first-order valence-corrected chi connectivity index (χ1v) is 11.3. The summed E-state index contributed by atoms with van der Waals surface area (Å²) < 4.78 is 5.39. The Labute approximate surface area is 185 Å². The second kappa shape index (κ2) is 10.9. The van der Waals surface area contributed by atoms with Gasteiger partial charge in [-0.3, -0.25) is 10.1 Å². The summed E-state index contributed by atoms with van der Waals surface area (Å²) >= 11 is 5.53. The number of anilines is 1. The molecule has 1 aromatic rings. The smallest absolute Gasteiger partial charge is 0.412 e. The fourth-order valence-corrected chi connectivity index (χ4v) is 4.04. The largest absolute Gasteiger partial charge is 0.444 e. The number of allylic oxidation sites excluding steroid dienone is 2. The SMILES string of the molecule is CCC1(CCCNC(=O)CCl)C=C(Cc2ccccc2NC(=O)OC(C)(C)C)CC1. The highest BCUT2D eigenvalue weighted by atomic mass is 35.5. The Morgan fingerprint density at radius 1 is 1.23 bits per heavy atom. The summed E-state index contributed by atoms with van der Waals surface area (Å²) in [7, 11) is 0. The maximum absolute atomic E-state index is 12.2. The first-order valence-electron chi connectivity index (χ1n) is 10.8. The molecule has 30 heavy (non-hydrogen) atoms. The molecule has 0 spiro atoms. The van der Waals surface area contributed by atoms with Crippen LogP contribution in [0.2, 0.25) is 0 Å². The average molecular weight is 435 g/mol. The van der Waals surface area contributed by atoms with Gasteiger partial charge in [-0.05, 0) is 76.3 Å². The van der Waals surface area contributed by atoms with E-state index in [1.807, 2.05) is 39.0 Å². The van der Waals surface area contributed by atoms with E-state index in [0.29, 0.717) is 6.54 Å². The van der Waals surface area contributed by atoms with Crippen molar-refractivity contribution < 1.29 is 14.3 Å². The fraction of sp³-hybridized carbons (Fsp3) is 0.583. The molecule has 2 rings (SSSR count). The Morgan fingerprint density at radius 3 is 2.63 bits per heavy atom. The molecular weight excluding hydrogens is 400 g/mol. The Bertz CT molecular complexity index is 770. The summed E-state index contributed by atoms with van der Waals surface area (Å²) in [6, 6.07) is 7.89. The summed E-state index contributed by atoms with van der Waals surface area (Å²) in [6.45, 7) is 8.46. The third kappa shape index (κ3) is 7.67. The molecule has 0 aromatic heterocycles. The van der Waals surface area contributed by atoms with Gasteiger partial charge in [0.2, 0.25) is 5.91 Å². The van der Waals surface area contributed by atoms with E-state index in [1.54, 1.807) is 0 Å². The van der Waals surface area contributed by atoms with Crippen molar-refractivity contribution in [1.29, 1.82) is 0 Å². The minimum atomic E-state index is -0.531. The van der Waals surface area contributed by atoms with Gasteiger partial charge < -0.3 is 10.1 Å². The topological polar surface area (TPSA) is 67.4 Å². The zero-order chi connectivity index (χ0) is 22.2. The molecule has 0 aliphatic heterocycles. The lowest BCUT2D eigenvalue weighted by Crippen LogP contribution is -2.27. The maximum Gasteiger partial charge on any atom is 0.412 e. The van der Waals surface area contributed by atoms with Gasteiger partial charge in [0, 0.05) is 12.2 Å². The number of carbonyl (C=O) groups is 2. The Kier molecular flexibility index (Phi) is 8.78. The number of nitrogens with one attached hydrogen (secondary N) is 2. The molecule has 2 amide bonds. The van der Waals surface area contributed by atoms with Crippen LogP contribution in [-0.4, -0.2) is 30.0 Å². The van der Waals surface area contributed by atoms with Gasteiger partial charge in [-0.15, -0.1) is 11.6 Å². The van der Waals surface area contributed by atoms with Crippen molar-refractivity contribution >= 4 is 29.3 Å². The lowest BCUT2D eigenvalue weighted by Gasteiger charge is -2.25. The molecule has 1 aromatic carbocycles. The molecule has 0 bridgehead atoms. The van der Waals surface area contributed by atoms with E-state index in [4.69, 9.17) is 16.3 Å². The van der Waals surface area contributed by atoms with Gasteiger partial charge in [-0.2, -0.15) is 0 Å². The standard InChI is InChI=1S/C24H35ClN2O3/c1-5-24(12-8-14-26-21(28)17-25)13-11-18(16-24)15-19-9-6-7-10-20(19)27-22(29)30-23(2,3)4/h6-7,9-10,16H,5,8,11-15,17H2,1-4H3,(H,26,28)(H,27,29). The monoisotopic (exact) mass is 434 g/mol. The van der Waals surface area contributed by atoms with E-state index >= 15 is 0 Å². The number of hydrogen-bond donors (Lipinski definition) is 2. The Balaban J connectivity index is 2.00. The van der Waals surface area contributed by atoms with Crippen LogP contribution in [-0.2, 0) is 16.0 Å². The molecular formula is C24H35ClN2O3. The second-order valence-electron chi connectivity index (χ2n) is 9.07. The minimum absolute atomic E-state index is 0.0136. The highest BCUT2D eigenvalue weighted by Gasteiger charge is 2.31. The van der Waals surface area contributed by atoms with Crippen LogP contribution in [0.1, 0.15) is 65.4 Å². The first-order chi connectivity index (χ1) is 14.2. The average Bonchev–Trinajstić information content (AvgIpc) is 3.08. The summed E-state index contributed by atoms with van der Waals surface area (Å²) in [5.74, 6) is -0.0985. The number of rotatable bonds is 9. The number of para-hydroxylation sites is 1. The third-order valence-electron chi connectivity index (χ3n) is 5.52. The van der Waals surface area contributed by atoms with Crippen LogP contribution in [0.25, 0.3) is 0 Å². The number of carbonyl (C=O) groups excluding carboxylic acids is 2. The number of halogens is 1. The molecule has 6 heteroatoms. The van der Waals surface area contributed by atoms with Gasteiger partial charge >= 0.3 is 6.09 Å². The fourth-order valence-electron chi connectivity index (χ4n) is 3.95. The van der Waals surface area contributed by atoms with Gasteiger partial charge in [0.05, 0.1) is 0 Å². The molecule has 0 radical (unpaired) electrons. The first kappa shape index (κ1) is 24.3. The van der Waals surface area contributed by atoms with Gasteiger partial charge in [-0.25, -0.2) is 4.79 Å². The van der Waals surface area contributed by atoms with E-state index in [0.717, 1.165) is 49.8 Å². The van der Waals surface area contributed by atoms with Crippen molar-refractivity contribution in [2.24, 2.45) is 5.41 Å². The predicted molar refractivity (Wildman–Crippen MR) is 123 cm³/mol. The van der Waals surface area contributed by atoms with Crippen LogP contribution in [0.3, 0.4) is 0 Å². The van der Waals surface area contributed by atoms with Crippen molar-refractivity contribution in [3.63, 3.8) is 0 Å². The quantitative estimate of drug-likeness (QED) is 0.292. The summed E-state index contributed by atoms with van der Waals surface area (Å²) in [6.07, 6.45) is 8.07. The lowest BCUT2D eigenvalue weighted by atomic mass is 9.80. The Hall–Kier alpha value is -2.01. The molecule has 0 saturated heterocycles. The van der Waals surface area contributed by atoms with Crippen LogP contribution < -0.4 is 10.6 Å². The molecule has 0 saturated carbocycles. The molecule has 166 valence electrons. The summed E-state index contributed by atoms with van der Waals surface area (Å²) in [5, 5.41) is 5.74. The van der Waals surface area contributed by atoms with Crippen LogP contribution in [0.5, 0.6) is 0 Å². The van der Waals surface area contributed by atoms with Gasteiger partial charge in [-0.1, -0.05) is 36.8 Å². The highest BCUT2D eigenvalue weighted by molar-refractivity contribution is 6.27. The molecule has 5 nitrogen and oxygen atoms in total. The van der Waals surface area contributed by atoms with E-state index in [1.165, 1.54) is 5.57 Å². The molecule has 1 atom stereocenters. The van der Waals surface area contributed by atoms with Gasteiger partial charge in [0.15, 0.2) is 0 Å². The van der Waals surface area contributed by atoms with E-state index in [-0.39, 0.29) is 17.2 Å². The van der Waals surface area contributed by atoms with E-state index in [2.05, 4.69) is 29.7 Å². The highest BCUT2D eigenvalue weighted by Crippen LogP contribution is 2.43. The predicted octanol–water partition coefficient (Wildman–Crippen LogP) is 5.83. The molecule has 2 N–H and O–H groups in total. The van der Waals surface area contributed by atoms with Crippen molar-refractivity contribution in [2.75, 3.05) is 17.7 Å². The van der Waals surface area contributed by atoms with Crippen LogP contribution in [0, 0.1) is 5.41 Å². The van der Waals surface area contributed by atoms with Crippen molar-refractivity contribution in [2.45, 2.75) is 71.8 Å². The number of benzene rings is 1. The normalized spacial score (nSPS) is 18.6.